The van der Waals surface area contributed by atoms with Crippen molar-refractivity contribution in [3.8, 4) is 5.75 Å². The fourth-order valence-corrected chi connectivity index (χ4v) is 3.83. The molecule has 0 bridgehead atoms. The maximum Gasteiger partial charge on any atom is 0.261 e. The van der Waals surface area contributed by atoms with E-state index in [1.807, 2.05) is 38.1 Å². The lowest BCUT2D eigenvalue weighted by Gasteiger charge is -2.24. The predicted octanol–water partition coefficient (Wildman–Crippen LogP) is 5.30. The van der Waals surface area contributed by atoms with Crippen LogP contribution in [0.5, 0.6) is 5.75 Å². The minimum Gasteiger partial charge on any atom is -0.481 e. The van der Waals surface area contributed by atoms with Crippen molar-refractivity contribution in [3.63, 3.8) is 0 Å². The summed E-state index contributed by atoms with van der Waals surface area (Å²) in [4.78, 5) is 12.9. The average molecular weight is 366 g/mol. The first-order chi connectivity index (χ1) is 13.1. The van der Waals surface area contributed by atoms with Crippen LogP contribution in [0.3, 0.4) is 0 Å². The molecule has 2 atom stereocenters. The molecule has 2 aromatic carbocycles. The van der Waals surface area contributed by atoms with Gasteiger partial charge in [0.25, 0.3) is 5.91 Å². The zero-order chi connectivity index (χ0) is 19.2. The zero-order valence-electron chi connectivity index (χ0n) is 16.8. The van der Waals surface area contributed by atoms with Crippen LogP contribution in [-0.4, -0.2) is 12.0 Å². The second kappa shape index (κ2) is 9.07. The normalized spacial score (nSPS) is 15.5. The summed E-state index contributed by atoms with van der Waals surface area (Å²) in [6, 6.07) is 14.6. The summed E-state index contributed by atoms with van der Waals surface area (Å²) >= 11 is 0. The maximum absolute atomic E-state index is 12.9. The molecule has 0 aliphatic heterocycles. The molecule has 3 rings (SSSR count). The summed E-state index contributed by atoms with van der Waals surface area (Å²) in [6.07, 6.45) is 5.92. The monoisotopic (exact) mass is 365 g/mol. The molecule has 0 heterocycles. The van der Waals surface area contributed by atoms with Gasteiger partial charge in [-0.05, 0) is 79.8 Å². The quantitative estimate of drug-likeness (QED) is 0.723. The summed E-state index contributed by atoms with van der Waals surface area (Å²) in [5.41, 5.74) is 5.26. The number of hydrogen-bond acceptors (Lipinski definition) is 2. The van der Waals surface area contributed by atoms with Crippen LogP contribution in [0, 0.1) is 6.92 Å². The highest BCUT2D eigenvalue weighted by atomic mass is 16.5. The van der Waals surface area contributed by atoms with Gasteiger partial charge in [0.2, 0.25) is 0 Å². The van der Waals surface area contributed by atoms with Gasteiger partial charge >= 0.3 is 0 Å². The number of amides is 1. The Balaban J connectivity index is 1.69. The van der Waals surface area contributed by atoms with E-state index in [1.54, 1.807) is 0 Å². The van der Waals surface area contributed by atoms with Gasteiger partial charge in [-0.3, -0.25) is 4.79 Å². The Morgan fingerprint density at radius 1 is 1.04 bits per heavy atom. The Labute approximate surface area is 163 Å². The van der Waals surface area contributed by atoms with Crippen LogP contribution in [0.1, 0.15) is 67.8 Å². The van der Waals surface area contributed by atoms with Gasteiger partial charge in [0.05, 0.1) is 6.04 Å². The van der Waals surface area contributed by atoms with E-state index in [-0.39, 0.29) is 11.9 Å². The lowest BCUT2D eigenvalue weighted by molar-refractivity contribution is -0.128. The minimum atomic E-state index is -0.474. The second-order valence-electron chi connectivity index (χ2n) is 7.54. The molecule has 3 nitrogen and oxygen atoms in total. The van der Waals surface area contributed by atoms with E-state index in [1.165, 1.54) is 36.0 Å². The van der Waals surface area contributed by atoms with Crippen LogP contribution >= 0.6 is 0 Å². The zero-order valence-corrected chi connectivity index (χ0v) is 16.8. The summed E-state index contributed by atoms with van der Waals surface area (Å²) < 4.78 is 5.97. The van der Waals surface area contributed by atoms with E-state index in [0.717, 1.165) is 24.2 Å². The summed E-state index contributed by atoms with van der Waals surface area (Å²) in [6.45, 7) is 6.13. The molecule has 0 unspecified atom stereocenters. The number of benzene rings is 2. The SMILES string of the molecule is CC[C@H](NC(=O)[C@@H](CC)Oc1cccc(C)c1)c1ccc2c(c1)CCCC2. The van der Waals surface area contributed by atoms with Crippen LogP contribution in [0.15, 0.2) is 42.5 Å². The molecule has 0 saturated heterocycles. The van der Waals surface area contributed by atoms with Gasteiger partial charge in [-0.15, -0.1) is 0 Å². The molecule has 0 aromatic heterocycles. The molecule has 144 valence electrons. The Bertz CT molecular complexity index is 784. The highest BCUT2D eigenvalue weighted by Gasteiger charge is 2.22. The molecule has 1 aliphatic rings. The van der Waals surface area contributed by atoms with Gasteiger partial charge in [-0.1, -0.05) is 44.2 Å². The van der Waals surface area contributed by atoms with Crippen LogP contribution in [0.25, 0.3) is 0 Å². The first-order valence-electron chi connectivity index (χ1n) is 10.3. The van der Waals surface area contributed by atoms with Crippen LogP contribution in [0.2, 0.25) is 0 Å². The number of carbonyl (C=O) groups is 1. The third-order valence-electron chi connectivity index (χ3n) is 5.43. The Morgan fingerprint density at radius 3 is 2.52 bits per heavy atom. The topological polar surface area (TPSA) is 38.3 Å². The minimum absolute atomic E-state index is 0.0277. The van der Waals surface area contributed by atoms with Gasteiger partial charge < -0.3 is 10.1 Å². The number of ether oxygens (including phenoxy) is 1. The Morgan fingerprint density at radius 2 is 1.81 bits per heavy atom. The number of hydrogen-bond donors (Lipinski definition) is 1. The van der Waals surface area contributed by atoms with Gasteiger partial charge in [0.1, 0.15) is 5.75 Å². The van der Waals surface area contributed by atoms with Crippen molar-refractivity contribution in [3.05, 3.63) is 64.7 Å². The molecular weight excluding hydrogens is 334 g/mol. The standard InChI is InChI=1S/C24H31NO2/c1-4-22(20-14-13-18-10-6-7-11-19(18)16-20)25-24(26)23(5-2)27-21-12-8-9-17(3)15-21/h8-9,12-16,22-23H,4-7,10-11H2,1-3H3,(H,25,26)/t22-,23+/m0/s1. The van der Waals surface area contributed by atoms with E-state index < -0.39 is 6.10 Å². The fraction of sp³-hybridized carbons (Fsp3) is 0.458. The van der Waals surface area contributed by atoms with Crippen molar-refractivity contribution in [2.45, 2.75) is 71.4 Å². The first kappa shape index (κ1) is 19.5. The van der Waals surface area contributed by atoms with Crippen LogP contribution in [-0.2, 0) is 17.6 Å². The lowest BCUT2D eigenvalue weighted by atomic mass is 9.88. The third kappa shape index (κ3) is 4.91. The number of carbonyl (C=O) groups excluding carboxylic acids is 1. The highest BCUT2D eigenvalue weighted by molar-refractivity contribution is 5.81. The van der Waals surface area contributed by atoms with Crippen molar-refractivity contribution in [2.24, 2.45) is 0 Å². The highest BCUT2D eigenvalue weighted by Crippen LogP contribution is 2.26. The molecule has 2 aromatic rings. The predicted molar refractivity (Wildman–Crippen MR) is 110 cm³/mol. The van der Waals surface area contributed by atoms with Gasteiger partial charge in [-0.2, -0.15) is 0 Å². The summed E-state index contributed by atoms with van der Waals surface area (Å²) in [5.74, 6) is 0.711. The third-order valence-corrected chi connectivity index (χ3v) is 5.43. The van der Waals surface area contributed by atoms with Gasteiger partial charge in [-0.25, -0.2) is 0 Å². The molecule has 0 spiro atoms. The van der Waals surface area contributed by atoms with E-state index in [4.69, 9.17) is 4.74 Å². The van der Waals surface area contributed by atoms with E-state index in [9.17, 15) is 4.79 Å². The van der Waals surface area contributed by atoms with Crippen molar-refractivity contribution in [1.29, 1.82) is 0 Å². The van der Waals surface area contributed by atoms with Crippen LogP contribution in [0.4, 0.5) is 0 Å². The lowest BCUT2D eigenvalue weighted by Crippen LogP contribution is -2.40. The Hall–Kier alpha value is -2.29. The van der Waals surface area contributed by atoms with E-state index in [0.29, 0.717) is 6.42 Å². The smallest absolute Gasteiger partial charge is 0.261 e. The van der Waals surface area contributed by atoms with Gasteiger partial charge in [0, 0.05) is 0 Å². The first-order valence-corrected chi connectivity index (χ1v) is 10.3. The summed E-state index contributed by atoms with van der Waals surface area (Å²) in [5, 5.41) is 3.21. The molecule has 1 aliphatic carbocycles. The molecule has 0 fully saturated rings. The molecule has 0 saturated carbocycles. The molecule has 3 heteroatoms. The number of rotatable bonds is 7. The molecule has 27 heavy (non-hydrogen) atoms. The van der Waals surface area contributed by atoms with Crippen molar-refractivity contribution in [2.75, 3.05) is 0 Å². The molecule has 1 amide bonds. The largest absolute Gasteiger partial charge is 0.481 e. The van der Waals surface area contributed by atoms with Crippen molar-refractivity contribution < 1.29 is 9.53 Å². The number of fused-ring (bicyclic) bond motifs is 1. The maximum atomic E-state index is 12.9. The number of aryl methyl sites for hydroxylation is 3. The van der Waals surface area contributed by atoms with Crippen LogP contribution < -0.4 is 10.1 Å². The van der Waals surface area contributed by atoms with Crippen molar-refractivity contribution in [1.82, 2.24) is 5.32 Å². The Kier molecular flexibility index (Phi) is 6.54. The van der Waals surface area contributed by atoms with Gasteiger partial charge in [0.15, 0.2) is 6.10 Å². The van der Waals surface area contributed by atoms with Crippen molar-refractivity contribution >= 4 is 5.91 Å². The summed E-state index contributed by atoms with van der Waals surface area (Å²) in [7, 11) is 0. The molecule has 0 radical (unpaired) electrons. The molecular formula is C24H31NO2. The fourth-order valence-electron chi connectivity index (χ4n) is 3.83. The molecule has 1 N–H and O–H groups in total. The second-order valence-corrected chi connectivity index (χ2v) is 7.54. The van der Waals surface area contributed by atoms with E-state index in [2.05, 4.69) is 30.4 Å². The number of nitrogens with one attached hydrogen (secondary N) is 1. The van der Waals surface area contributed by atoms with E-state index >= 15 is 0 Å². The average Bonchev–Trinajstić information content (AvgIpc) is 2.69.